The Hall–Kier alpha value is -1.68. The highest BCUT2D eigenvalue weighted by Crippen LogP contribution is 2.40. The Morgan fingerprint density at radius 2 is 1.89 bits per heavy atom. The predicted molar refractivity (Wildman–Crippen MR) is 116 cm³/mol. The molecular weight excluding hydrogens is 390 g/mol. The fourth-order valence-corrected chi connectivity index (χ4v) is 4.57. The average molecular weight is 420 g/mol. The molecule has 0 saturated carbocycles. The van der Waals surface area contributed by atoms with E-state index in [9.17, 15) is 0 Å². The van der Waals surface area contributed by atoms with Crippen molar-refractivity contribution in [3.05, 3.63) is 51.5 Å². The zero-order chi connectivity index (χ0) is 21.3. The molecule has 2 rings (SSSR count). The molecule has 28 heavy (non-hydrogen) atoms. The Bertz CT molecular complexity index is 881. The Morgan fingerprint density at radius 3 is 2.39 bits per heavy atom. The number of aromatic nitrogens is 2. The summed E-state index contributed by atoms with van der Waals surface area (Å²) >= 11 is 6.39. The monoisotopic (exact) mass is 419 g/mol. The summed E-state index contributed by atoms with van der Waals surface area (Å²) in [6.07, 6.45) is 0.556. The lowest BCUT2D eigenvalue weighted by molar-refractivity contribution is 0.153. The van der Waals surface area contributed by atoms with E-state index in [1.165, 1.54) is 0 Å². The van der Waals surface area contributed by atoms with Crippen molar-refractivity contribution in [2.75, 3.05) is 0 Å². The molecule has 0 unspecified atom stereocenters. The van der Waals surface area contributed by atoms with Gasteiger partial charge >= 0.3 is 0 Å². The van der Waals surface area contributed by atoms with E-state index in [2.05, 4.69) is 55.8 Å². The molecule has 0 aliphatic rings. The number of benzene rings is 1. The minimum absolute atomic E-state index is 0.0936. The molecule has 0 aliphatic heterocycles. The molecule has 0 radical (unpaired) electrons. The van der Waals surface area contributed by atoms with Gasteiger partial charge in [-0.15, -0.1) is 10.2 Å². The Kier molecular flexibility index (Phi) is 6.75. The molecule has 5 nitrogen and oxygen atoms in total. The summed E-state index contributed by atoms with van der Waals surface area (Å²) in [6.45, 7) is 24.2. The van der Waals surface area contributed by atoms with Crippen molar-refractivity contribution in [3.8, 4) is 0 Å². The van der Waals surface area contributed by atoms with Crippen LogP contribution >= 0.6 is 11.6 Å². The molecule has 7 heteroatoms. The van der Waals surface area contributed by atoms with Crippen LogP contribution in [0.25, 0.3) is 4.85 Å². The lowest BCUT2D eigenvalue weighted by Crippen LogP contribution is -2.44. The van der Waals surface area contributed by atoms with E-state index in [0.29, 0.717) is 28.9 Å². The highest BCUT2D eigenvalue weighted by Gasteiger charge is 2.40. The van der Waals surface area contributed by atoms with Crippen molar-refractivity contribution in [2.45, 2.75) is 78.1 Å². The molecule has 0 bridgehead atoms. The molecule has 0 N–H and O–H groups in total. The van der Waals surface area contributed by atoms with Crippen LogP contribution in [0.5, 0.6) is 0 Å². The van der Waals surface area contributed by atoms with E-state index in [0.717, 1.165) is 11.1 Å². The minimum Gasteiger partial charge on any atom is -0.425 e. The second kappa shape index (κ2) is 8.36. The van der Waals surface area contributed by atoms with Gasteiger partial charge < -0.3 is 8.84 Å². The van der Waals surface area contributed by atoms with Crippen molar-refractivity contribution in [2.24, 2.45) is 0 Å². The molecule has 0 aliphatic carbocycles. The highest BCUT2D eigenvalue weighted by atomic mass is 35.5. The van der Waals surface area contributed by atoms with Gasteiger partial charge in [-0.3, -0.25) is 0 Å². The molecular formula is C21H30ClN3O2Si. The average Bonchev–Trinajstić information content (AvgIpc) is 3.00. The Morgan fingerprint density at radius 1 is 1.25 bits per heavy atom. The first kappa shape index (κ1) is 22.6. The fraction of sp³-hybridized carbons (Fsp3) is 0.571. The smallest absolute Gasteiger partial charge is 0.222 e. The summed E-state index contributed by atoms with van der Waals surface area (Å²) in [4.78, 5) is 3.48. The van der Waals surface area contributed by atoms with Crippen LogP contribution in [0.4, 0.5) is 5.69 Å². The SMILES string of the molecule is [C-]#[N+]c1ccc(C[C@@H](c2nnc(C)o2)[C@H](C)O[Si](C)(C)C(C)(C)C)c(C)c1Cl. The first-order valence-electron chi connectivity index (χ1n) is 9.50. The van der Waals surface area contributed by atoms with Crippen molar-refractivity contribution >= 4 is 25.6 Å². The summed E-state index contributed by atoms with van der Waals surface area (Å²) in [5.41, 5.74) is 2.44. The zero-order valence-corrected chi connectivity index (χ0v) is 19.8. The van der Waals surface area contributed by atoms with Crippen molar-refractivity contribution in [3.63, 3.8) is 0 Å². The summed E-state index contributed by atoms with van der Waals surface area (Å²) in [6, 6.07) is 3.73. The second-order valence-electron chi connectivity index (χ2n) is 8.85. The van der Waals surface area contributed by atoms with Gasteiger partial charge in [-0.05, 0) is 49.5 Å². The first-order chi connectivity index (χ1) is 12.9. The summed E-state index contributed by atoms with van der Waals surface area (Å²) in [5, 5.41) is 8.91. The third kappa shape index (κ3) is 4.83. The maximum absolute atomic E-state index is 7.25. The van der Waals surface area contributed by atoms with Gasteiger partial charge in [0.2, 0.25) is 17.5 Å². The lowest BCUT2D eigenvalue weighted by Gasteiger charge is -2.40. The number of nitrogens with zero attached hydrogens (tertiary/aromatic N) is 3. The van der Waals surface area contributed by atoms with Crippen LogP contribution in [-0.4, -0.2) is 24.6 Å². The van der Waals surface area contributed by atoms with E-state index in [1.54, 1.807) is 13.0 Å². The van der Waals surface area contributed by atoms with Crippen LogP contribution in [-0.2, 0) is 10.8 Å². The van der Waals surface area contributed by atoms with Crippen LogP contribution in [0.2, 0.25) is 23.2 Å². The molecule has 1 aromatic carbocycles. The number of hydrogen-bond donors (Lipinski definition) is 0. The number of rotatable bonds is 6. The largest absolute Gasteiger partial charge is 0.425 e. The maximum atomic E-state index is 7.25. The van der Waals surface area contributed by atoms with Crippen LogP contribution in [0, 0.1) is 20.4 Å². The fourth-order valence-electron chi connectivity index (χ4n) is 2.89. The van der Waals surface area contributed by atoms with Crippen LogP contribution in [0.3, 0.4) is 0 Å². The molecule has 1 heterocycles. The van der Waals surface area contributed by atoms with Gasteiger partial charge in [0.1, 0.15) is 0 Å². The van der Waals surface area contributed by atoms with Crippen LogP contribution in [0.1, 0.15) is 56.5 Å². The van der Waals surface area contributed by atoms with Gasteiger partial charge in [0.25, 0.3) is 0 Å². The van der Waals surface area contributed by atoms with Gasteiger partial charge in [0.05, 0.1) is 23.6 Å². The Balaban J connectivity index is 2.39. The summed E-state index contributed by atoms with van der Waals surface area (Å²) in [7, 11) is -1.97. The first-order valence-corrected chi connectivity index (χ1v) is 12.8. The minimum atomic E-state index is -1.97. The second-order valence-corrected chi connectivity index (χ2v) is 14.0. The van der Waals surface area contributed by atoms with Gasteiger partial charge in [0.15, 0.2) is 8.32 Å². The zero-order valence-electron chi connectivity index (χ0n) is 18.1. The molecule has 0 fully saturated rings. The Labute approximate surface area is 174 Å². The number of aryl methyl sites for hydroxylation is 1. The lowest BCUT2D eigenvalue weighted by atomic mass is 9.92. The van der Waals surface area contributed by atoms with E-state index < -0.39 is 8.32 Å². The molecule has 2 atom stereocenters. The molecule has 1 aromatic heterocycles. The topological polar surface area (TPSA) is 52.5 Å². The van der Waals surface area contributed by atoms with Gasteiger partial charge in [-0.1, -0.05) is 44.5 Å². The normalized spacial score (nSPS) is 14.6. The van der Waals surface area contributed by atoms with E-state index >= 15 is 0 Å². The van der Waals surface area contributed by atoms with E-state index in [4.69, 9.17) is 27.0 Å². The highest BCUT2D eigenvalue weighted by molar-refractivity contribution is 6.74. The van der Waals surface area contributed by atoms with Crippen molar-refractivity contribution in [1.29, 1.82) is 0 Å². The van der Waals surface area contributed by atoms with Gasteiger partial charge in [-0.2, -0.15) is 0 Å². The standard InChI is InChI=1S/C21H30ClN3O2Si/c1-13-16(10-11-18(23-7)19(13)22)12-17(20-25-24-15(3)26-20)14(2)27-28(8,9)21(4,5)6/h10-11,14,17H,12H2,1-6,8-9H3/t14-,17+/m0/s1. The third-order valence-electron chi connectivity index (χ3n) is 5.75. The quantitative estimate of drug-likeness (QED) is 0.389. The van der Waals surface area contributed by atoms with Gasteiger partial charge in [0, 0.05) is 6.92 Å². The number of halogens is 1. The predicted octanol–water partition coefficient (Wildman–Crippen LogP) is 6.63. The molecule has 0 amide bonds. The maximum Gasteiger partial charge on any atom is 0.222 e. The third-order valence-corrected chi connectivity index (χ3v) is 10.8. The van der Waals surface area contributed by atoms with E-state index in [1.807, 2.05) is 13.0 Å². The van der Waals surface area contributed by atoms with Crippen molar-refractivity contribution in [1.82, 2.24) is 10.2 Å². The van der Waals surface area contributed by atoms with E-state index in [-0.39, 0.29) is 17.1 Å². The molecule has 0 spiro atoms. The van der Waals surface area contributed by atoms with Crippen LogP contribution in [0.15, 0.2) is 16.5 Å². The van der Waals surface area contributed by atoms with Crippen molar-refractivity contribution < 1.29 is 8.84 Å². The van der Waals surface area contributed by atoms with Crippen LogP contribution < -0.4 is 0 Å². The molecule has 2 aromatic rings. The summed E-state index contributed by atoms with van der Waals surface area (Å²) < 4.78 is 12.4. The molecule has 0 saturated heterocycles. The van der Waals surface area contributed by atoms with Gasteiger partial charge in [-0.25, -0.2) is 4.85 Å². The molecule has 152 valence electrons. The number of hydrogen-bond acceptors (Lipinski definition) is 4. The summed E-state index contributed by atoms with van der Waals surface area (Å²) in [5.74, 6) is 1.02.